The Balaban J connectivity index is 1.71. The number of carbonyl (C=O) groups is 1. The van der Waals surface area contributed by atoms with Crippen molar-refractivity contribution < 1.29 is 14.1 Å². The number of hydrogen-bond donors (Lipinski definition) is 0. The van der Waals surface area contributed by atoms with Crippen LogP contribution in [0.3, 0.4) is 0 Å². The number of rotatable bonds is 7. The zero-order valence-electron chi connectivity index (χ0n) is 17.0. The second kappa shape index (κ2) is 8.16. The minimum absolute atomic E-state index is 0.0678. The van der Waals surface area contributed by atoms with E-state index in [0.717, 1.165) is 34.2 Å². The highest BCUT2D eigenvalue weighted by molar-refractivity contribution is 5.82. The summed E-state index contributed by atoms with van der Waals surface area (Å²) >= 11 is 0. The quantitative estimate of drug-likeness (QED) is 0.610. The molecule has 0 bridgehead atoms. The molecule has 0 N–H and O–H groups in total. The molecule has 8 nitrogen and oxygen atoms in total. The standard InChI is InChI=1S/C21H25N5O3/c1-14-17(15(2)29-24-14)12-19-22-23-20-13-25(9-10-28-3)21(27)18(26(19)20)11-16-7-5-4-6-8-16/h4-8,18H,9-13H2,1-3H3/t18-/m1/s1. The highest BCUT2D eigenvalue weighted by Gasteiger charge is 2.36. The van der Waals surface area contributed by atoms with Gasteiger partial charge in [0.05, 0.1) is 18.8 Å². The average Bonchev–Trinajstić information content (AvgIpc) is 3.27. The minimum atomic E-state index is -0.386. The molecule has 0 fully saturated rings. The minimum Gasteiger partial charge on any atom is -0.383 e. The van der Waals surface area contributed by atoms with Crippen molar-refractivity contribution in [1.29, 1.82) is 0 Å². The fourth-order valence-electron chi connectivity index (χ4n) is 3.84. The second-order valence-corrected chi connectivity index (χ2v) is 7.34. The number of nitrogens with zero attached hydrogens (tertiary/aromatic N) is 5. The van der Waals surface area contributed by atoms with Gasteiger partial charge in [0.2, 0.25) is 5.91 Å². The van der Waals surface area contributed by atoms with Gasteiger partial charge in [0.25, 0.3) is 0 Å². The van der Waals surface area contributed by atoms with Crippen LogP contribution in [-0.4, -0.2) is 51.0 Å². The van der Waals surface area contributed by atoms with Crippen molar-refractivity contribution in [2.45, 2.75) is 39.3 Å². The molecule has 1 atom stereocenters. The van der Waals surface area contributed by atoms with E-state index in [4.69, 9.17) is 9.26 Å². The van der Waals surface area contributed by atoms with Crippen molar-refractivity contribution in [3.8, 4) is 0 Å². The van der Waals surface area contributed by atoms with Gasteiger partial charge in [-0.15, -0.1) is 10.2 Å². The summed E-state index contributed by atoms with van der Waals surface area (Å²) in [6.07, 6.45) is 1.12. The molecule has 2 aromatic heterocycles. The van der Waals surface area contributed by atoms with Crippen LogP contribution < -0.4 is 0 Å². The fraction of sp³-hybridized carbons (Fsp3) is 0.429. The maximum Gasteiger partial charge on any atom is 0.246 e. The summed E-state index contributed by atoms with van der Waals surface area (Å²) in [7, 11) is 1.64. The van der Waals surface area contributed by atoms with Crippen molar-refractivity contribution in [3.63, 3.8) is 0 Å². The van der Waals surface area contributed by atoms with E-state index in [1.807, 2.05) is 48.7 Å². The predicted molar refractivity (Wildman–Crippen MR) is 105 cm³/mol. The predicted octanol–water partition coefficient (Wildman–Crippen LogP) is 2.25. The van der Waals surface area contributed by atoms with Gasteiger partial charge in [-0.05, 0) is 19.4 Å². The van der Waals surface area contributed by atoms with Gasteiger partial charge in [-0.2, -0.15) is 0 Å². The largest absolute Gasteiger partial charge is 0.383 e. The molecule has 0 spiro atoms. The van der Waals surface area contributed by atoms with Crippen molar-refractivity contribution in [1.82, 2.24) is 24.8 Å². The molecule has 1 aromatic carbocycles. The fourth-order valence-corrected chi connectivity index (χ4v) is 3.84. The molecule has 1 amide bonds. The number of benzene rings is 1. The number of carbonyl (C=O) groups excluding carboxylic acids is 1. The lowest BCUT2D eigenvalue weighted by atomic mass is 10.0. The highest BCUT2D eigenvalue weighted by atomic mass is 16.5. The lowest BCUT2D eigenvalue weighted by molar-refractivity contribution is -0.138. The molecule has 0 radical (unpaired) electrons. The zero-order chi connectivity index (χ0) is 20.4. The zero-order valence-corrected chi connectivity index (χ0v) is 17.0. The summed E-state index contributed by atoms with van der Waals surface area (Å²) in [5.74, 6) is 2.39. The third-order valence-corrected chi connectivity index (χ3v) is 5.43. The van der Waals surface area contributed by atoms with E-state index in [1.54, 1.807) is 12.0 Å². The molecule has 1 aliphatic rings. The summed E-state index contributed by atoms with van der Waals surface area (Å²) in [6.45, 7) is 5.26. The molecule has 0 saturated heterocycles. The summed E-state index contributed by atoms with van der Waals surface area (Å²) in [6, 6.07) is 9.65. The SMILES string of the molecule is COCCN1Cc2nnc(Cc3c(C)noc3C)n2[C@H](Cc2ccccc2)C1=O. The third kappa shape index (κ3) is 3.80. The van der Waals surface area contributed by atoms with Crippen LogP contribution in [0, 0.1) is 13.8 Å². The number of hydrogen-bond acceptors (Lipinski definition) is 6. The lowest BCUT2D eigenvalue weighted by Crippen LogP contribution is -2.45. The molecule has 152 valence electrons. The van der Waals surface area contributed by atoms with E-state index in [0.29, 0.717) is 32.5 Å². The molecular weight excluding hydrogens is 370 g/mol. The highest BCUT2D eigenvalue weighted by Crippen LogP contribution is 2.28. The first-order valence-corrected chi connectivity index (χ1v) is 9.74. The molecule has 3 heterocycles. The van der Waals surface area contributed by atoms with E-state index in [2.05, 4.69) is 15.4 Å². The molecule has 8 heteroatoms. The summed E-state index contributed by atoms with van der Waals surface area (Å²) in [4.78, 5) is 15.2. The first-order chi connectivity index (χ1) is 14.1. The Morgan fingerprint density at radius 1 is 1.21 bits per heavy atom. The summed E-state index contributed by atoms with van der Waals surface area (Å²) in [5, 5.41) is 12.9. The molecular formula is C21H25N5O3. The van der Waals surface area contributed by atoms with Crippen LogP contribution in [0.15, 0.2) is 34.9 Å². The normalized spacial score (nSPS) is 16.3. The monoisotopic (exact) mass is 395 g/mol. The van der Waals surface area contributed by atoms with Gasteiger partial charge in [-0.1, -0.05) is 35.5 Å². The Hall–Kier alpha value is -3.00. The van der Waals surface area contributed by atoms with Gasteiger partial charge in [0.1, 0.15) is 17.6 Å². The Morgan fingerprint density at radius 3 is 2.69 bits per heavy atom. The molecule has 0 aliphatic carbocycles. The topological polar surface area (TPSA) is 86.3 Å². The number of methoxy groups -OCH3 is 1. The Kier molecular flexibility index (Phi) is 5.44. The van der Waals surface area contributed by atoms with Crippen LogP contribution >= 0.6 is 0 Å². The van der Waals surface area contributed by atoms with Gasteiger partial charge < -0.3 is 18.7 Å². The number of aromatic nitrogens is 4. The Morgan fingerprint density at radius 2 is 2.00 bits per heavy atom. The van der Waals surface area contributed by atoms with Crippen LogP contribution in [0.25, 0.3) is 0 Å². The molecule has 0 unspecified atom stereocenters. The molecule has 1 aliphatic heterocycles. The Labute approximate surface area is 169 Å². The van der Waals surface area contributed by atoms with Crippen molar-refractivity contribution in [3.05, 3.63) is 64.6 Å². The van der Waals surface area contributed by atoms with Crippen LogP contribution in [0.1, 0.15) is 40.3 Å². The number of ether oxygens (including phenoxy) is 1. The first-order valence-electron chi connectivity index (χ1n) is 9.74. The maximum absolute atomic E-state index is 13.3. The summed E-state index contributed by atoms with van der Waals surface area (Å²) < 4.78 is 12.5. The molecule has 4 rings (SSSR count). The summed E-state index contributed by atoms with van der Waals surface area (Å²) in [5.41, 5.74) is 2.93. The van der Waals surface area contributed by atoms with Crippen LogP contribution in [-0.2, 0) is 28.9 Å². The third-order valence-electron chi connectivity index (χ3n) is 5.43. The Bertz CT molecular complexity index is 976. The molecule has 3 aromatic rings. The van der Waals surface area contributed by atoms with Gasteiger partial charge in [0.15, 0.2) is 5.82 Å². The molecule has 0 saturated carbocycles. The number of fused-ring (bicyclic) bond motifs is 1. The molecule has 29 heavy (non-hydrogen) atoms. The lowest BCUT2D eigenvalue weighted by Gasteiger charge is -2.34. The van der Waals surface area contributed by atoms with E-state index >= 15 is 0 Å². The van der Waals surface area contributed by atoms with Crippen molar-refractivity contribution in [2.24, 2.45) is 0 Å². The van der Waals surface area contributed by atoms with Crippen LogP contribution in [0.5, 0.6) is 0 Å². The van der Waals surface area contributed by atoms with Crippen LogP contribution in [0.2, 0.25) is 0 Å². The van der Waals surface area contributed by atoms with Crippen molar-refractivity contribution in [2.75, 3.05) is 20.3 Å². The van der Waals surface area contributed by atoms with Crippen molar-refractivity contribution >= 4 is 5.91 Å². The van der Waals surface area contributed by atoms with Gasteiger partial charge in [-0.3, -0.25) is 4.79 Å². The second-order valence-electron chi connectivity index (χ2n) is 7.34. The van der Waals surface area contributed by atoms with Crippen LogP contribution in [0.4, 0.5) is 0 Å². The van der Waals surface area contributed by atoms with E-state index < -0.39 is 0 Å². The number of aryl methyl sites for hydroxylation is 2. The maximum atomic E-state index is 13.3. The van der Waals surface area contributed by atoms with Gasteiger partial charge >= 0.3 is 0 Å². The average molecular weight is 395 g/mol. The van der Waals surface area contributed by atoms with E-state index in [-0.39, 0.29) is 11.9 Å². The smallest absolute Gasteiger partial charge is 0.246 e. The van der Waals surface area contributed by atoms with E-state index in [9.17, 15) is 4.79 Å². The van der Waals surface area contributed by atoms with Gasteiger partial charge in [0, 0.05) is 32.1 Å². The van der Waals surface area contributed by atoms with Gasteiger partial charge in [-0.25, -0.2) is 0 Å². The first kappa shape index (κ1) is 19.3. The van der Waals surface area contributed by atoms with E-state index in [1.165, 1.54) is 0 Å². The number of amides is 1.